The molecule has 0 radical (unpaired) electrons. The molecule has 0 aliphatic rings. The Morgan fingerprint density at radius 1 is 0.641 bits per heavy atom. The molecule has 7 rings (SSSR count). The van der Waals surface area contributed by atoms with Crippen molar-refractivity contribution in [3.8, 4) is 0 Å². The van der Waals surface area contributed by atoms with Crippen molar-refractivity contribution in [3.63, 3.8) is 0 Å². The third kappa shape index (κ3) is 4.85. The summed E-state index contributed by atoms with van der Waals surface area (Å²) in [5, 5.41) is 5.06. The molecule has 0 aliphatic heterocycles. The topological polar surface area (TPSA) is 25.2 Å². The van der Waals surface area contributed by atoms with E-state index < -0.39 is 0 Å². The molecule has 39 heavy (non-hydrogen) atoms. The monoisotopic (exact) mass is 536 g/mol. The molecule has 0 amide bonds. The van der Waals surface area contributed by atoms with E-state index in [1.165, 1.54) is 32.7 Å². The molecular weight excluding hydrogens is 513 g/mol. The molecule has 2 nitrogen and oxygen atoms in total. The Morgan fingerprint density at radius 2 is 1.23 bits per heavy atom. The van der Waals surface area contributed by atoms with Crippen molar-refractivity contribution in [2.45, 2.75) is 9.59 Å². The molecule has 4 heteroatoms. The molecule has 0 saturated carbocycles. The van der Waals surface area contributed by atoms with Crippen molar-refractivity contribution in [2.24, 2.45) is 4.99 Å². The lowest BCUT2D eigenvalue weighted by Gasteiger charge is -2.16. The minimum absolute atomic E-state index is 0.185. The first-order chi connectivity index (χ1) is 19.3. The van der Waals surface area contributed by atoms with Crippen LogP contribution in [0.25, 0.3) is 31.8 Å². The van der Waals surface area contributed by atoms with E-state index in [1.54, 1.807) is 11.3 Å². The van der Waals surface area contributed by atoms with E-state index in [1.807, 2.05) is 18.0 Å². The maximum Gasteiger partial charge on any atom is 0.152 e. The zero-order chi connectivity index (χ0) is 26.0. The van der Waals surface area contributed by atoms with Gasteiger partial charge in [0.15, 0.2) is 4.34 Å². The van der Waals surface area contributed by atoms with Gasteiger partial charge >= 0.3 is 0 Å². The summed E-state index contributed by atoms with van der Waals surface area (Å²) in [6, 6.07) is 46.9. The van der Waals surface area contributed by atoms with Crippen LogP contribution in [0.5, 0.6) is 0 Å². The maximum atomic E-state index is 4.97. The summed E-state index contributed by atoms with van der Waals surface area (Å²) in [4.78, 5) is 9.91. The molecule has 0 spiro atoms. The Morgan fingerprint density at radius 3 is 1.87 bits per heavy atom. The molecule has 0 aliphatic carbocycles. The third-order valence-corrected chi connectivity index (χ3v) is 9.36. The molecule has 7 aromatic rings. The molecule has 6 aromatic carbocycles. The first-order valence-corrected chi connectivity index (χ1v) is 14.6. The zero-order valence-corrected chi connectivity index (χ0v) is 22.7. The standard InChI is InChI=1S/C35H24N2S2/c1-3-11-24(12-4-1)34(25-13-5-2-6-14-25)39-35-37-32-20-19-28(22-33(32)38-35)36-23-31-29-17-9-7-15-26(29)21-27-16-8-10-18-30(27)31/h1-23,34H. The van der Waals surface area contributed by atoms with Crippen LogP contribution in [-0.2, 0) is 0 Å². The summed E-state index contributed by atoms with van der Waals surface area (Å²) in [6.07, 6.45) is 2.02. The second kappa shape index (κ2) is 10.5. The summed E-state index contributed by atoms with van der Waals surface area (Å²) >= 11 is 3.54. The zero-order valence-electron chi connectivity index (χ0n) is 21.1. The minimum Gasteiger partial charge on any atom is -0.256 e. The molecule has 0 unspecified atom stereocenters. The van der Waals surface area contributed by atoms with Crippen molar-refractivity contribution in [1.29, 1.82) is 0 Å². The van der Waals surface area contributed by atoms with E-state index >= 15 is 0 Å². The van der Waals surface area contributed by atoms with E-state index in [0.717, 1.165) is 25.8 Å². The number of hydrogen-bond acceptors (Lipinski definition) is 4. The van der Waals surface area contributed by atoms with Crippen molar-refractivity contribution in [3.05, 3.63) is 150 Å². The number of thiazole rings is 1. The largest absolute Gasteiger partial charge is 0.256 e. The van der Waals surface area contributed by atoms with Crippen molar-refractivity contribution in [2.75, 3.05) is 0 Å². The highest BCUT2D eigenvalue weighted by Gasteiger charge is 2.18. The van der Waals surface area contributed by atoms with Crippen LogP contribution in [-0.4, -0.2) is 11.2 Å². The van der Waals surface area contributed by atoms with Gasteiger partial charge in [0.2, 0.25) is 0 Å². The van der Waals surface area contributed by atoms with Gasteiger partial charge in [-0.3, -0.25) is 4.99 Å². The number of aromatic nitrogens is 1. The number of fused-ring (bicyclic) bond motifs is 3. The predicted octanol–water partition coefficient (Wildman–Crippen LogP) is 10.2. The highest BCUT2D eigenvalue weighted by molar-refractivity contribution is 8.01. The van der Waals surface area contributed by atoms with Gasteiger partial charge in [0.05, 0.1) is 21.2 Å². The second-order valence-electron chi connectivity index (χ2n) is 9.44. The van der Waals surface area contributed by atoms with Gasteiger partial charge in [-0.15, -0.1) is 11.3 Å². The normalized spacial score (nSPS) is 11.8. The Kier molecular flexibility index (Phi) is 6.41. The summed E-state index contributed by atoms with van der Waals surface area (Å²) in [6.45, 7) is 0. The Bertz CT molecular complexity index is 1850. The fraction of sp³-hybridized carbons (Fsp3) is 0.0286. The van der Waals surface area contributed by atoms with Crippen LogP contribution in [0, 0.1) is 0 Å². The number of thioether (sulfide) groups is 1. The van der Waals surface area contributed by atoms with Gasteiger partial charge in [-0.25, -0.2) is 4.98 Å². The Hall–Kier alpha value is -4.25. The van der Waals surface area contributed by atoms with Crippen molar-refractivity contribution < 1.29 is 0 Å². The van der Waals surface area contributed by atoms with E-state index in [9.17, 15) is 0 Å². The number of nitrogens with zero attached hydrogens (tertiary/aromatic N) is 2. The lowest BCUT2D eigenvalue weighted by molar-refractivity contribution is 1.14. The molecule has 186 valence electrons. The molecule has 0 bridgehead atoms. The lowest BCUT2D eigenvalue weighted by atomic mass is 9.97. The lowest BCUT2D eigenvalue weighted by Crippen LogP contribution is -1.96. The molecular formula is C35H24N2S2. The molecule has 0 N–H and O–H groups in total. The minimum atomic E-state index is 0.185. The SMILES string of the molecule is C(=Nc1ccc2nc(SC(c3ccccc3)c3ccccc3)sc2c1)c1c2ccccc2cc2ccccc12. The van der Waals surface area contributed by atoms with Gasteiger partial charge < -0.3 is 0 Å². The fourth-order valence-electron chi connectivity index (χ4n) is 5.03. The number of rotatable bonds is 6. The number of hydrogen-bond donors (Lipinski definition) is 0. The predicted molar refractivity (Wildman–Crippen MR) is 169 cm³/mol. The first kappa shape index (κ1) is 23.8. The van der Waals surface area contributed by atoms with Crippen LogP contribution in [0.1, 0.15) is 21.9 Å². The van der Waals surface area contributed by atoms with Gasteiger partial charge in [0.1, 0.15) is 0 Å². The highest BCUT2D eigenvalue weighted by atomic mass is 32.2. The summed E-state index contributed by atoms with van der Waals surface area (Å²) in [7, 11) is 0. The smallest absolute Gasteiger partial charge is 0.152 e. The molecule has 0 fully saturated rings. The van der Waals surface area contributed by atoms with Crippen molar-refractivity contribution >= 4 is 66.8 Å². The summed E-state index contributed by atoms with van der Waals surface area (Å²) in [5.41, 5.74) is 5.65. The van der Waals surface area contributed by atoms with Crippen LogP contribution in [0.15, 0.2) is 143 Å². The van der Waals surface area contributed by atoms with Crippen LogP contribution in [0.3, 0.4) is 0 Å². The van der Waals surface area contributed by atoms with E-state index in [4.69, 9.17) is 9.98 Å². The summed E-state index contributed by atoms with van der Waals surface area (Å²) in [5.74, 6) is 0. The first-order valence-electron chi connectivity index (χ1n) is 12.9. The van der Waals surface area contributed by atoms with Crippen molar-refractivity contribution in [1.82, 2.24) is 4.98 Å². The average molecular weight is 537 g/mol. The fourth-order valence-corrected chi connectivity index (χ4v) is 7.45. The summed E-state index contributed by atoms with van der Waals surface area (Å²) < 4.78 is 2.21. The van der Waals surface area contributed by atoms with Crippen LogP contribution < -0.4 is 0 Å². The second-order valence-corrected chi connectivity index (χ2v) is 11.8. The molecule has 1 heterocycles. The van der Waals surface area contributed by atoms with E-state index in [-0.39, 0.29) is 5.25 Å². The average Bonchev–Trinajstić information content (AvgIpc) is 3.41. The molecule has 1 aromatic heterocycles. The quantitative estimate of drug-likeness (QED) is 0.120. The van der Waals surface area contributed by atoms with Crippen LogP contribution in [0.2, 0.25) is 0 Å². The van der Waals surface area contributed by atoms with Gasteiger partial charge in [-0.2, -0.15) is 0 Å². The Balaban J connectivity index is 1.23. The molecule has 0 saturated heterocycles. The van der Waals surface area contributed by atoms with Crippen LogP contribution >= 0.6 is 23.1 Å². The van der Waals surface area contributed by atoms with E-state index in [2.05, 4.69) is 133 Å². The third-order valence-electron chi connectivity index (χ3n) is 6.93. The van der Waals surface area contributed by atoms with Gasteiger partial charge in [-0.05, 0) is 56.9 Å². The van der Waals surface area contributed by atoms with Gasteiger partial charge in [0.25, 0.3) is 0 Å². The highest BCUT2D eigenvalue weighted by Crippen LogP contribution is 2.43. The Labute approximate surface area is 235 Å². The number of aliphatic imine (C=N–C) groups is 1. The molecule has 0 atom stereocenters. The maximum absolute atomic E-state index is 4.97. The van der Waals surface area contributed by atoms with Crippen LogP contribution in [0.4, 0.5) is 5.69 Å². The number of benzene rings is 6. The van der Waals surface area contributed by atoms with Gasteiger partial charge in [0, 0.05) is 11.8 Å². The van der Waals surface area contributed by atoms with E-state index in [0.29, 0.717) is 0 Å². The van der Waals surface area contributed by atoms with Gasteiger partial charge in [-0.1, -0.05) is 121 Å².